The Morgan fingerprint density at radius 1 is 0.897 bits per heavy atom. The standard InChI is InChI=1S/C29H34N2O6S2/c1-28(2)22-12-8-9-13-24(22)30-26(28)14-6-5-7-15-27-29(3,4)23-20-21(39(35,36)37)16-17-25(23)31(27)18-10-11-19-38(32,33)34/h5-9,12-13,15-17,20H,10-11,14,18-19H2,1-4H3,(H-,32,33,34,35,36,37)/p+1. The molecule has 2 N–H and O–H groups in total. The van der Waals surface area contributed by atoms with Crippen LogP contribution in [0.4, 0.5) is 11.4 Å². The van der Waals surface area contributed by atoms with Gasteiger partial charge in [-0.3, -0.25) is 14.1 Å². The van der Waals surface area contributed by atoms with Crippen molar-refractivity contribution in [3.05, 3.63) is 77.9 Å². The van der Waals surface area contributed by atoms with Gasteiger partial charge >= 0.3 is 0 Å². The van der Waals surface area contributed by atoms with E-state index in [1.165, 1.54) is 17.7 Å². The van der Waals surface area contributed by atoms with Crippen molar-refractivity contribution in [2.24, 2.45) is 4.99 Å². The number of aliphatic imine (C=N–C) groups is 1. The molecule has 4 rings (SSSR count). The summed E-state index contributed by atoms with van der Waals surface area (Å²) in [6.07, 6.45) is 9.42. The molecule has 0 radical (unpaired) electrons. The largest absolute Gasteiger partial charge is 0.294 e. The quantitative estimate of drug-likeness (QED) is 0.167. The molecule has 0 amide bonds. The van der Waals surface area contributed by atoms with Crippen molar-refractivity contribution in [1.29, 1.82) is 0 Å². The van der Waals surface area contributed by atoms with E-state index in [0.717, 1.165) is 28.4 Å². The maximum atomic E-state index is 11.8. The fourth-order valence-corrected chi connectivity index (χ4v) is 6.43. The number of hydrogen-bond acceptors (Lipinski definition) is 5. The van der Waals surface area contributed by atoms with Crippen LogP contribution in [-0.2, 0) is 31.1 Å². The average molecular weight is 572 g/mol. The molecule has 10 heteroatoms. The van der Waals surface area contributed by atoms with Crippen LogP contribution >= 0.6 is 0 Å². The molecule has 0 bridgehead atoms. The van der Waals surface area contributed by atoms with Gasteiger partial charge < -0.3 is 0 Å². The summed E-state index contributed by atoms with van der Waals surface area (Å²) in [5.74, 6) is -0.323. The Hall–Kier alpha value is -2.92. The lowest BCUT2D eigenvalue weighted by atomic mass is 9.80. The van der Waals surface area contributed by atoms with Gasteiger partial charge in [0.15, 0.2) is 5.71 Å². The normalized spacial score (nSPS) is 18.2. The minimum absolute atomic E-state index is 0.141. The Morgan fingerprint density at radius 3 is 2.28 bits per heavy atom. The average Bonchev–Trinajstić information content (AvgIpc) is 3.22. The fraction of sp³-hybridized carbons (Fsp3) is 0.379. The number of para-hydroxylation sites is 1. The van der Waals surface area contributed by atoms with Crippen LogP contribution in [0.2, 0.25) is 0 Å². The van der Waals surface area contributed by atoms with Crippen molar-refractivity contribution in [2.75, 3.05) is 12.3 Å². The van der Waals surface area contributed by atoms with Crippen LogP contribution < -0.4 is 0 Å². The van der Waals surface area contributed by atoms with Gasteiger partial charge in [-0.1, -0.05) is 50.3 Å². The highest BCUT2D eigenvalue weighted by atomic mass is 32.2. The Bertz CT molecular complexity index is 1630. The smallest absolute Gasteiger partial charge is 0.286 e. The molecule has 0 fully saturated rings. The molecule has 0 aliphatic carbocycles. The highest BCUT2D eigenvalue weighted by molar-refractivity contribution is 7.86. The number of benzene rings is 2. The molecule has 2 aromatic carbocycles. The van der Waals surface area contributed by atoms with Gasteiger partial charge in [-0.2, -0.15) is 21.4 Å². The summed E-state index contributed by atoms with van der Waals surface area (Å²) in [5.41, 5.74) is 5.05. The van der Waals surface area contributed by atoms with Crippen LogP contribution in [0, 0.1) is 0 Å². The molecule has 2 heterocycles. The van der Waals surface area contributed by atoms with E-state index in [1.54, 1.807) is 6.07 Å². The summed E-state index contributed by atoms with van der Waals surface area (Å²) in [6.45, 7) is 8.79. The highest BCUT2D eigenvalue weighted by Gasteiger charge is 2.44. The third kappa shape index (κ3) is 6.14. The van der Waals surface area contributed by atoms with Crippen LogP contribution in [-0.4, -0.2) is 54.2 Å². The molecule has 208 valence electrons. The van der Waals surface area contributed by atoms with Crippen LogP contribution in [0.5, 0.6) is 0 Å². The van der Waals surface area contributed by atoms with E-state index in [4.69, 9.17) is 9.55 Å². The van der Waals surface area contributed by atoms with E-state index >= 15 is 0 Å². The first-order valence-corrected chi connectivity index (χ1v) is 15.9. The van der Waals surface area contributed by atoms with Crippen molar-refractivity contribution in [1.82, 2.24) is 0 Å². The number of rotatable bonds is 10. The molecule has 8 nitrogen and oxygen atoms in total. The second-order valence-corrected chi connectivity index (χ2v) is 14.0. The van der Waals surface area contributed by atoms with Gasteiger partial charge in [-0.15, -0.1) is 0 Å². The van der Waals surface area contributed by atoms with Crippen molar-refractivity contribution < 1.29 is 30.5 Å². The lowest BCUT2D eigenvalue weighted by molar-refractivity contribution is -0.438. The third-order valence-electron chi connectivity index (χ3n) is 7.56. The zero-order valence-corrected chi connectivity index (χ0v) is 24.3. The summed E-state index contributed by atoms with van der Waals surface area (Å²) in [5, 5.41) is 0. The Morgan fingerprint density at radius 2 is 1.62 bits per heavy atom. The minimum Gasteiger partial charge on any atom is -0.286 e. The topological polar surface area (TPSA) is 124 Å². The Balaban J connectivity index is 1.58. The molecule has 0 spiro atoms. The predicted molar refractivity (Wildman–Crippen MR) is 154 cm³/mol. The van der Waals surface area contributed by atoms with Crippen LogP contribution in [0.3, 0.4) is 0 Å². The Labute approximate surface area is 231 Å². The zero-order chi connectivity index (χ0) is 28.6. The summed E-state index contributed by atoms with van der Waals surface area (Å²) < 4.78 is 66.6. The third-order valence-corrected chi connectivity index (χ3v) is 9.22. The first-order chi connectivity index (χ1) is 18.1. The number of hydrogen-bond donors (Lipinski definition) is 2. The van der Waals surface area contributed by atoms with Crippen molar-refractivity contribution in [2.45, 2.75) is 62.7 Å². The van der Waals surface area contributed by atoms with Crippen molar-refractivity contribution >= 4 is 43.0 Å². The van der Waals surface area contributed by atoms with Crippen LogP contribution in [0.15, 0.2) is 76.7 Å². The molecule has 2 aromatic rings. The second-order valence-electron chi connectivity index (χ2n) is 11.0. The summed E-state index contributed by atoms with van der Waals surface area (Å²) >= 11 is 0. The van der Waals surface area contributed by atoms with Crippen molar-refractivity contribution in [3.63, 3.8) is 0 Å². The van der Waals surface area contributed by atoms with E-state index in [1.807, 2.05) is 54.9 Å². The minimum atomic E-state index is -4.37. The molecular formula is C29H35N2O6S2+. The number of unbranched alkanes of at least 4 members (excludes halogenated alkanes) is 1. The fourth-order valence-electron chi connectivity index (χ4n) is 5.36. The second kappa shape index (κ2) is 10.6. The summed E-state index contributed by atoms with van der Waals surface area (Å²) in [7, 11) is -8.42. The van der Waals surface area contributed by atoms with Crippen LogP contribution in [0.1, 0.15) is 58.1 Å². The van der Waals surface area contributed by atoms with Gasteiger partial charge in [-0.25, -0.2) is 0 Å². The van der Waals surface area contributed by atoms with Crippen molar-refractivity contribution in [3.8, 4) is 0 Å². The molecule has 0 saturated carbocycles. The van der Waals surface area contributed by atoms with E-state index in [0.29, 0.717) is 19.4 Å². The molecule has 0 atom stereocenters. The molecule has 2 aliphatic rings. The maximum absolute atomic E-state index is 11.8. The monoisotopic (exact) mass is 571 g/mol. The molecule has 0 aromatic heterocycles. The van der Waals surface area contributed by atoms with Gasteiger partial charge in [-0.05, 0) is 44.0 Å². The molecule has 0 unspecified atom stereocenters. The lowest BCUT2D eigenvalue weighted by Gasteiger charge is -2.21. The first-order valence-electron chi connectivity index (χ1n) is 12.9. The van der Waals surface area contributed by atoms with Gasteiger partial charge in [0.05, 0.1) is 21.8 Å². The van der Waals surface area contributed by atoms with E-state index < -0.39 is 25.7 Å². The van der Waals surface area contributed by atoms with Gasteiger partial charge in [0.2, 0.25) is 5.69 Å². The summed E-state index contributed by atoms with van der Waals surface area (Å²) in [6, 6.07) is 12.7. The van der Waals surface area contributed by atoms with Gasteiger partial charge in [0, 0.05) is 41.7 Å². The number of nitrogens with zero attached hydrogens (tertiary/aromatic N) is 2. The highest BCUT2D eigenvalue weighted by Crippen LogP contribution is 2.42. The maximum Gasteiger partial charge on any atom is 0.294 e. The number of allylic oxidation sites excluding steroid dienone is 4. The van der Waals surface area contributed by atoms with Crippen LogP contribution in [0.25, 0.3) is 0 Å². The molecule has 39 heavy (non-hydrogen) atoms. The van der Waals surface area contributed by atoms with E-state index in [2.05, 4.69) is 26.0 Å². The van der Waals surface area contributed by atoms with Gasteiger partial charge in [0.25, 0.3) is 20.2 Å². The number of fused-ring (bicyclic) bond motifs is 2. The van der Waals surface area contributed by atoms with E-state index in [-0.39, 0.29) is 22.5 Å². The van der Waals surface area contributed by atoms with Gasteiger partial charge in [0.1, 0.15) is 6.54 Å². The SMILES string of the molecule is CC1(C)C(CC=CC=CC2=[N+](CCCCS(=O)(=O)O)c3ccc(S(=O)(=O)O)cc3C2(C)C)=Nc2ccccc21. The Kier molecular flexibility index (Phi) is 7.88. The summed E-state index contributed by atoms with van der Waals surface area (Å²) in [4.78, 5) is 4.65. The molecule has 2 aliphatic heterocycles. The molecular weight excluding hydrogens is 536 g/mol. The van der Waals surface area contributed by atoms with E-state index in [9.17, 15) is 21.4 Å². The predicted octanol–water partition coefficient (Wildman–Crippen LogP) is 5.54. The first kappa shape index (κ1) is 29.1. The molecule has 0 saturated heterocycles. The zero-order valence-electron chi connectivity index (χ0n) is 22.6. The lowest BCUT2D eigenvalue weighted by Crippen LogP contribution is -2.28.